The van der Waals surface area contributed by atoms with Gasteiger partial charge in [0.2, 0.25) is 0 Å². The third kappa shape index (κ3) is 1.16. The Morgan fingerprint density at radius 3 is 2.85 bits per heavy atom. The van der Waals surface area contributed by atoms with Gasteiger partial charge in [0.1, 0.15) is 12.2 Å². The molecule has 4 nitrogen and oxygen atoms in total. The van der Waals surface area contributed by atoms with E-state index in [1.54, 1.807) is 6.33 Å². The summed E-state index contributed by atoms with van der Waals surface area (Å²) < 4.78 is 1.95. The Hall–Kier alpha value is -0.900. The first-order valence-electron chi connectivity index (χ1n) is 4.84. The van der Waals surface area contributed by atoms with E-state index in [0.29, 0.717) is 0 Å². The summed E-state index contributed by atoms with van der Waals surface area (Å²) in [5.41, 5.74) is 6.10. The zero-order valence-electron chi connectivity index (χ0n) is 8.20. The predicted molar refractivity (Wildman–Crippen MR) is 50.3 cm³/mol. The zero-order chi connectivity index (χ0) is 9.47. The van der Waals surface area contributed by atoms with E-state index in [9.17, 15) is 0 Å². The molecule has 1 aliphatic rings. The monoisotopic (exact) mass is 180 g/mol. The van der Waals surface area contributed by atoms with Gasteiger partial charge in [0, 0.05) is 18.0 Å². The highest BCUT2D eigenvalue weighted by Crippen LogP contribution is 2.49. The van der Waals surface area contributed by atoms with Gasteiger partial charge >= 0.3 is 0 Å². The largest absolute Gasteiger partial charge is 0.327 e. The van der Waals surface area contributed by atoms with Crippen LogP contribution < -0.4 is 5.73 Å². The molecular weight excluding hydrogens is 164 g/mol. The van der Waals surface area contributed by atoms with E-state index >= 15 is 0 Å². The maximum atomic E-state index is 5.97. The smallest absolute Gasteiger partial charge is 0.138 e. The summed E-state index contributed by atoms with van der Waals surface area (Å²) in [6.07, 6.45) is 3.94. The summed E-state index contributed by atoms with van der Waals surface area (Å²) in [5, 5.41) is 4.17. The fourth-order valence-electron chi connectivity index (χ4n) is 1.90. The lowest BCUT2D eigenvalue weighted by molar-refractivity contribution is 0.479. The van der Waals surface area contributed by atoms with Crippen molar-refractivity contribution in [3.05, 3.63) is 12.2 Å². The highest BCUT2D eigenvalue weighted by molar-refractivity contribution is 5.21. The first-order valence-corrected chi connectivity index (χ1v) is 4.84. The minimum atomic E-state index is 0.131. The first-order chi connectivity index (χ1) is 6.20. The number of hydrogen-bond acceptors (Lipinski definition) is 3. The lowest BCUT2D eigenvalue weighted by atomic mass is 9.98. The Morgan fingerprint density at radius 1 is 1.69 bits per heavy atom. The second-order valence-electron chi connectivity index (χ2n) is 3.84. The molecular formula is C9H16N4. The van der Waals surface area contributed by atoms with E-state index in [1.807, 2.05) is 4.68 Å². The van der Waals surface area contributed by atoms with Crippen LogP contribution in [0.4, 0.5) is 0 Å². The molecule has 1 aliphatic carbocycles. The van der Waals surface area contributed by atoms with Crippen LogP contribution in [0.15, 0.2) is 6.33 Å². The molecule has 1 atom stereocenters. The van der Waals surface area contributed by atoms with Crippen LogP contribution in [0.5, 0.6) is 0 Å². The predicted octanol–water partition coefficient (Wildman–Crippen LogP) is 0.677. The van der Waals surface area contributed by atoms with Crippen molar-refractivity contribution in [2.75, 3.05) is 0 Å². The standard InChI is InChI=1S/C9H16N4/c1-3-13-8(11-6-12-13)9(4-5-9)7(2)10/h6-7H,3-5,10H2,1-2H3. The van der Waals surface area contributed by atoms with Crippen molar-refractivity contribution in [2.24, 2.45) is 5.73 Å². The fourth-order valence-corrected chi connectivity index (χ4v) is 1.90. The second kappa shape index (κ2) is 2.80. The number of hydrogen-bond donors (Lipinski definition) is 1. The summed E-state index contributed by atoms with van der Waals surface area (Å²) in [6, 6.07) is 0.182. The molecule has 2 rings (SSSR count). The van der Waals surface area contributed by atoms with Gasteiger partial charge in [-0.15, -0.1) is 0 Å². The molecule has 0 aliphatic heterocycles. The third-order valence-corrected chi connectivity index (χ3v) is 3.02. The Balaban J connectivity index is 2.34. The molecule has 0 aromatic carbocycles. The first kappa shape index (κ1) is 8.69. The second-order valence-corrected chi connectivity index (χ2v) is 3.84. The van der Waals surface area contributed by atoms with Gasteiger partial charge in [-0.25, -0.2) is 9.67 Å². The third-order valence-electron chi connectivity index (χ3n) is 3.02. The summed E-state index contributed by atoms with van der Waals surface area (Å²) >= 11 is 0. The van der Waals surface area contributed by atoms with Gasteiger partial charge < -0.3 is 5.73 Å². The van der Waals surface area contributed by atoms with Crippen molar-refractivity contribution in [1.29, 1.82) is 0 Å². The van der Waals surface area contributed by atoms with Gasteiger partial charge in [0.05, 0.1) is 0 Å². The fraction of sp³-hybridized carbons (Fsp3) is 0.778. The van der Waals surface area contributed by atoms with Gasteiger partial charge in [0.25, 0.3) is 0 Å². The van der Waals surface area contributed by atoms with Gasteiger partial charge in [-0.2, -0.15) is 5.10 Å². The van der Waals surface area contributed by atoms with Gasteiger partial charge in [-0.3, -0.25) is 0 Å². The molecule has 0 radical (unpaired) electrons. The summed E-state index contributed by atoms with van der Waals surface area (Å²) in [5.74, 6) is 1.07. The lowest BCUT2D eigenvalue weighted by Crippen LogP contribution is -2.34. The van der Waals surface area contributed by atoms with Crippen LogP contribution >= 0.6 is 0 Å². The molecule has 13 heavy (non-hydrogen) atoms. The quantitative estimate of drug-likeness (QED) is 0.744. The molecule has 1 aromatic heterocycles. The molecule has 1 fully saturated rings. The Bertz CT molecular complexity index is 298. The average Bonchev–Trinajstić information content (AvgIpc) is 2.78. The van der Waals surface area contributed by atoms with E-state index in [0.717, 1.165) is 25.2 Å². The lowest BCUT2D eigenvalue weighted by Gasteiger charge is -2.18. The molecule has 72 valence electrons. The van der Waals surface area contributed by atoms with Gasteiger partial charge in [-0.1, -0.05) is 0 Å². The minimum absolute atomic E-state index is 0.131. The minimum Gasteiger partial charge on any atom is -0.327 e. The van der Waals surface area contributed by atoms with Gasteiger partial charge in [-0.05, 0) is 26.7 Å². The van der Waals surface area contributed by atoms with Crippen molar-refractivity contribution in [3.63, 3.8) is 0 Å². The maximum absolute atomic E-state index is 5.97. The van der Waals surface area contributed by atoms with Crippen LogP contribution in [-0.2, 0) is 12.0 Å². The normalized spacial score (nSPS) is 21.5. The van der Waals surface area contributed by atoms with E-state index in [1.165, 1.54) is 0 Å². The topological polar surface area (TPSA) is 56.7 Å². The number of aryl methyl sites for hydroxylation is 1. The molecule has 0 saturated heterocycles. The molecule has 1 aromatic rings. The van der Waals surface area contributed by atoms with Crippen molar-refractivity contribution in [3.8, 4) is 0 Å². The van der Waals surface area contributed by atoms with Crippen LogP contribution in [0.3, 0.4) is 0 Å². The van der Waals surface area contributed by atoms with Crippen LogP contribution in [0.2, 0.25) is 0 Å². The SMILES string of the molecule is CCn1ncnc1C1(C(C)N)CC1. The van der Waals surface area contributed by atoms with E-state index < -0.39 is 0 Å². The molecule has 0 spiro atoms. The van der Waals surface area contributed by atoms with Crippen LogP contribution in [-0.4, -0.2) is 20.8 Å². The summed E-state index contributed by atoms with van der Waals surface area (Å²) in [7, 11) is 0. The molecule has 1 unspecified atom stereocenters. The number of rotatable bonds is 3. The molecule has 1 heterocycles. The van der Waals surface area contributed by atoms with E-state index in [2.05, 4.69) is 23.9 Å². The Kier molecular flexibility index (Phi) is 1.87. The van der Waals surface area contributed by atoms with Crippen molar-refractivity contribution in [2.45, 2.75) is 44.7 Å². The molecule has 4 heteroatoms. The summed E-state index contributed by atoms with van der Waals surface area (Å²) in [6.45, 7) is 5.01. The highest BCUT2D eigenvalue weighted by atomic mass is 15.3. The number of nitrogens with two attached hydrogens (primary N) is 1. The van der Waals surface area contributed by atoms with E-state index in [-0.39, 0.29) is 11.5 Å². The average molecular weight is 180 g/mol. The molecule has 0 amide bonds. The van der Waals surface area contributed by atoms with Gasteiger partial charge in [0.15, 0.2) is 0 Å². The molecule has 2 N–H and O–H groups in total. The van der Waals surface area contributed by atoms with Crippen molar-refractivity contribution in [1.82, 2.24) is 14.8 Å². The van der Waals surface area contributed by atoms with Crippen molar-refractivity contribution < 1.29 is 0 Å². The number of nitrogens with zero attached hydrogens (tertiary/aromatic N) is 3. The van der Waals surface area contributed by atoms with Crippen LogP contribution in [0, 0.1) is 0 Å². The van der Waals surface area contributed by atoms with Crippen LogP contribution in [0.25, 0.3) is 0 Å². The maximum Gasteiger partial charge on any atom is 0.138 e. The number of aromatic nitrogens is 3. The Morgan fingerprint density at radius 2 is 2.38 bits per heavy atom. The zero-order valence-corrected chi connectivity index (χ0v) is 8.20. The van der Waals surface area contributed by atoms with Crippen molar-refractivity contribution >= 4 is 0 Å². The molecule has 0 bridgehead atoms. The molecule has 1 saturated carbocycles. The highest BCUT2D eigenvalue weighted by Gasteiger charge is 2.50. The Labute approximate surface area is 78.1 Å². The van der Waals surface area contributed by atoms with Crippen LogP contribution in [0.1, 0.15) is 32.5 Å². The summed E-state index contributed by atoms with van der Waals surface area (Å²) in [4.78, 5) is 4.31. The van der Waals surface area contributed by atoms with E-state index in [4.69, 9.17) is 5.73 Å².